The number of benzene rings is 2. The highest BCUT2D eigenvalue weighted by Gasteiger charge is 2.27. The standard InChI is InChI=1S/C21H26/c1-4-12-17(3)20(5-2)21(18-13-8-6-9-14-18)19-15-10-7-11-16-19/h4,6-11,13-17,20-21H,1,5,12H2,2-3H3/t17-,20+/m0/s1. The summed E-state index contributed by atoms with van der Waals surface area (Å²) in [5.41, 5.74) is 2.85. The van der Waals surface area contributed by atoms with Crippen LogP contribution in [0.1, 0.15) is 43.7 Å². The zero-order valence-corrected chi connectivity index (χ0v) is 13.2. The van der Waals surface area contributed by atoms with E-state index in [1.165, 1.54) is 17.5 Å². The monoisotopic (exact) mass is 278 g/mol. The summed E-state index contributed by atoms with van der Waals surface area (Å²) in [6.07, 6.45) is 4.32. The Bertz CT molecular complexity index is 487. The van der Waals surface area contributed by atoms with Crippen molar-refractivity contribution in [3.8, 4) is 0 Å². The third-order valence-corrected chi connectivity index (χ3v) is 4.49. The van der Waals surface area contributed by atoms with Gasteiger partial charge in [0.2, 0.25) is 0 Å². The predicted molar refractivity (Wildman–Crippen MR) is 92.5 cm³/mol. The summed E-state index contributed by atoms with van der Waals surface area (Å²) in [5.74, 6) is 1.73. The van der Waals surface area contributed by atoms with Crippen LogP contribution in [-0.4, -0.2) is 0 Å². The van der Waals surface area contributed by atoms with Gasteiger partial charge in [-0.3, -0.25) is 0 Å². The summed E-state index contributed by atoms with van der Waals surface area (Å²) in [5, 5.41) is 0. The van der Waals surface area contributed by atoms with Gasteiger partial charge in [0.15, 0.2) is 0 Å². The minimum absolute atomic E-state index is 0.465. The van der Waals surface area contributed by atoms with Gasteiger partial charge in [-0.1, -0.05) is 87.0 Å². The van der Waals surface area contributed by atoms with Crippen LogP contribution < -0.4 is 0 Å². The van der Waals surface area contributed by atoms with E-state index < -0.39 is 0 Å². The van der Waals surface area contributed by atoms with Crippen molar-refractivity contribution in [1.29, 1.82) is 0 Å². The molecular weight excluding hydrogens is 252 g/mol. The second kappa shape index (κ2) is 7.83. The highest BCUT2D eigenvalue weighted by Crippen LogP contribution is 2.39. The van der Waals surface area contributed by atoms with Crippen LogP contribution in [0.5, 0.6) is 0 Å². The van der Waals surface area contributed by atoms with Gasteiger partial charge in [0.1, 0.15) is 0 Å². The molecule has 2 aromatic carbocycles. The molecule has 0 heterocycles. The lowest BCUT2D eigenvalue weighted by atomic mass is 9.72. The van der Waals surface area contributed by atoms with Crippen LogP contribution in [0.25, 0.3) is 0 Å². The third kappa shape index (κ3) is 3.85. The Hall–Kier alpha value is -1.82. The van der Waals surface area contributed by atoms with Crippen LogP contribution in [0.2, 0.25) is 0 Å². The number of rotatable bonds is 7. The van der Waals surface area contributed by atoms with Crippen molar-refractivity contribution in [2.24, 2.45) is 11.8 Å². The lowest BCUT2D eigenvalue weighted by molar-refractivity contribution is 0.315. The molecule has 0 nitrogen and oxygen atoms in total. The first-order valence-corrected chi connectivity index (χ1v) is 7.98. The van der Waals surface area contributed by atoms with Crippen molar-refractivity contribution in [1.82, 2.24) is 0 Å². The smallest absolute Gasteiger partial charge is 0.0120 e. The maximum absolute atomic E-state index is 3.92. The Morgan fingerprint density at radius 1 is 0.905 bits per heavy atom. The van der Waals surface area contributed by atoms with Crippen LogP contribution in [0.3, 0.4) is 0 Å². The molecule has 0 heteroatoms. The van der Waals surface area contributed by atoms with E-state index in [9.17, 15) is 0 Å². The fraction of sp³-hybridized carbons (Fsp3) is 0.333. The summed E-state index contributed by atoms with van der Waals surface area (Å²) in [6.45, 7) is 8.59. The molecule has 0 amide bonds. The Kier molecular flexibility index (Phi) is 5.80. The SMILES string of the molecule is C=CC[C@H](C)[C@@H](CC)C(c1ccccc1)c1ccccc1. The number of hydrogen-bond donors (Lipinski definition) is 0. The second-order valence-electron chi connectivity index (χ2n) is 5.87. The van der Waals surface area contributed by atoms with E-state index in [-0.39, 0.29) is 0 Å². The van der Waals surface area contributed by atoms with Gasteiger partial charge < -0.3 is 0 Å². The Labute approximate surface area is 129 Å². The van der Waals surface area contributed by atoms with E-state index >= 15 is 0 Å². The average Bonchev–Trinajstić information content (AvgIpc) is 2.54. The van der Waals surface area contributed by atoms with Gasteiger partial charge in [-0.25, -0.2) is 0 Å². The Morgan fingerprint density at radius 2 is 1.38 bits per heavy atom. The Morgan fingerprint density at radius 3 is 1.76 bits per heavy atom. The average molecular weight is 278 g/mol. The van der Waals surface area contributed by atoms with E-state index in [1.54, 1.807) is 0 Å². The zero-order chi connectivity index (χ0) is 15.1. The molecule has 0 fully saturated rings. The van der Waals surface area contributed by atoms with Gasteiger partial charge in [0, 0.05) is 5.92 Å². The molecule has 0 aliphatic heterocycles. The summed E-state index contributed by atoms with van der Waals surface area (Å²) >= 11 is 0. The van der Waals surface area contributed by atoms with E-state index in [0.717, 1.165) is 6.42 Å². The maximum Gasteiger partial charge on any atom is 0.0120 e. The molecule has 21 heavy (non-hydrogen) atoms. The Balaban J connectivity index is 2.42. The van der Waals surface area contributed by atoms with Crippen molar-refractivity contribution in [3.05, 3.63) is 84.4 Å². The van der Waals surface area contributed by atoms with Crippen LogP contribution in [0, 0.1) is 11.8 Å². The molecule has 0 unspecified atom stereocenters. The van der Waals surface area contributed by atoms with Crippen molar-refractivity contribution in [2.45, 2.75) is 32.6 Å². The summed E-state index contributed by atoms with van der Waals surface area (Å²) in [4.78, 5) is 0. The van der Waals surface area contributed by atoms with Crippen molar-refractivity contribution in [3.63, 3.8) is 0 Å². The fourth-order valence-corrected chi connectivity index (χ4v) is 3.41. The minimum Gasteiger partial charge on any atom is -0.103 e. The highest BCUT2D eigenvalue weighted by atomic mass is 14.3. The van der Waals surface area contributed by atoms with Crippen molar-refractivity contribution < 1.29 is 0 Å². The van der Waals surface area contributed by atoms with E-state index in [4.69, 9.17) is 0 Å². The molecule has 2 atom stereocenters. The predicted octanol–water partition coefficient (Wildman–Crippen LogP) is 6.06. The maximum atomic E-state index is 3.92. The molecule has 0 N–H and O–H groups in total. The number of allylic oxidation sites excluding steroid dienone is 1. The lowest BCUT2D eigenvalue weighted by Gasteiger charge is -2.32. The molecule has 0 bridgehead atoms. The van der Waals surface area contributed by atoms with Gasteiger partial charge >= 0.3 is 0 Å². The molecule has 0 spiro atoms. The number of hydrogen-bond acceptors (Lipinski definition) is 0. The normalized spacial score (nSPS) is 13.9. The van der Waals surface area contributed by atoms with Crippen molar-refractivity contribution >= 4 is 0 Å². The van der Waals surface area contributed by atoms with Crippen LogP contribution in [0.15, 0.2) is 73.3 Å². The molecule has 0 saturated heterocycles. The minimum atomic E-state index is 0.465. The molecule has 0 saturated carbocycles. The fourth-order valence-electron chi connectivity index (χ4n) is 3.41. The van der Waals surface area contributed by atoms with Gasteiger partial charge in [-0.15, -0.1) is 6.58 Å². The molecule has 0 aliphatic carbocycles. The topological polar surface area (TPSA) is 0 Å². The van der Waals surface area contributed by atoms with E-state index in [1.807, 2.05) is 0 Å². The van der Waals surface area contributed by atoms with Crippen molar-refractivity contribution in [2.75, 3.05) is 0 Å². The van der Waals surface area contributed by atoms with Gasteiger partial charge in [0.05, 0.1) is 0 Å². The van der Waals surface area contributed by atoms with Crippen LogP contribution >= 0.6 is 0 Å². The molecule has 0 radical (unpaired) electrons. The summed E-state index contributed by atoms with van der Waals surface area (Å²) < 4.78 is 0. The quantitative estimate of drug-likeness (QED) is 0.540. The molecule has 2 rings (SSSR count). The third-order valence-electron chi connectivity index (χ3n) is 4.49. The first-order chi connectivity index (χ1) is 10.3. The van der Waals surface area contributed by atoms with Gasteiger partial charge in [-0.2, -0.15) is 0 Å². The van der Waals surface area contributed by atoms with Gasteiger partial charge in [-0.05, 0) is 29.4 Å². The molecule has 0 aromatic heterocycles. The van der Waals surface area contributed by atoms with E-state index in [2.05, 4.69) is 87.2 Å². The highest BCUT2D eigenvalue weighted by molar-refractivity contribution is 5.33. The molecule has 110 valence electrons. The lowest BCUT2D eigenvalue weighted by Crippen LogP contribution is -2.20. The largest absolute Gasteiger partial charge is 0.103 e. The van der Waals surface area contributed by atoms with Crippen LogP contribution in [-0.2, 0) is 0 Å². The van der Waals surface area contributed by atoms with Gasteiger partial charge in [0.25, 0.3) is 0 Å². The second-order valence-corrected chi connectivity index (χ2v) is 5.87. The molecule has 2 aromatic rings. The summed E-state index contributed by atoms with van der Waals surface area (Å²) in [6, 6.07) is 21.8. The first-order valence-electron chi connectivity index (χ1n) is 7.98. The molecule has 0 aliphatic rings. The van der Waals surface area contributed by atoms with E-state index in [0.29, 0.717) is 17.8 Å². The zero-order valence-electron chi connectivity index (χ0n) is 13.2. The molecular formula is C21H26. The first kappa shape index (κ1) is 15.6. The summed E-state index contributed by atoms with van der Waals surface area (Å²) in [7, 11) is 0. The van der Waals surface area contributed by atoms with Crippen LogP contribution in [0.4, 0.5) is 0 Å².